The number of rotatable bonds is 6. The maximum absolute atomic E-state index is 12.0. The maximum Gasteiger partial charge on any atom is 0.220 e. The molecule has 0 saturated heterocycles. The lowest BCUT2D eigenvalue weighted by Gasteiger charge is -2.09. The molecule has 1 fully saturated rings. The molecule has 3 rings (SSSR count). The van der Waals surface area contributed by atoms with Gasteiger partial charge >= 0.3 is 0 Å². The molecular formula is C17H23N5O. The Kier molecular flexibility index (Phi) is 5.00. The third-order valence-corrected chi connectivity index (χ3v) is 4.51. The molecule has 6 nitrogen and oxygen atoms in total. The van der Waals surface area contributed by atoms with Crippen molar-refractivity contribution >= 4 is 5.91 Å². The summed E-state index contributed by atoms with van der Waals surface area (Å²) in [7, 11) is 0. The molecule has 1 N–H and O–H groups in total. The first-order chi connectivity index (χ1) is 11.2. The molecule has 0 atom stereocenters. The number of carbonyl (C=O) groups is 1. The Labute approximate surface area is 136 Å². The highest BCUT2D eigenvalue weighted by Crippen LogP contribution is 2.28. The van der Waals surface area contributed by atoms with Crippen LogP contribution in [0.1, 0.15) is 49.9 Å². The molecule has 6 heteroatoms. The Hall–Kier alpha value is -2.24. The van der Waals surface area contributed by atoms with Crippen LogP contribution in [0.4, 0.5) is 0 Å². The molecule has 0 bridgehead atoms. The van der Waals surface area contributed by atoms with E-state index in [9.17, 15) is 4.79 Å². The van der Waals surface area contributed by atoms with Gasteiger partial charge in [0.25, 0.3) is 0 Å². The largest absolute Gasteiger partial charge is 0.349 e. The number of hydrogen-bond donors (Lipinski definition) is 1. The summed E-state index contributed by atoms with van der Waals surface area (Å²) >= 11 is 0. The van der Waals surface area contributed by atoms with Crippen LogP contribution in [-0.4, -0.2) is 26.1 Å². The second-order valence-electron chi connectivity index (χ2n) is 6.31. The molecule has 0 unspecified atom stereocenters. The summed E-state index contributed by atoms with van der Waals surface area (Å²) in [6, 6.07) is 7.97. The summed E-state index contributed by atoms with van der Waals surface area (Å²) in [5.41, 5.74) is 2.08. The van der Waals surface area contributed by atoms with Crippen molar-refractivity contribution < 1.29 is 4.79 Å². The molecule has 122 valence electrons. The molecule has 0 aliphatic heterocycles. The minimum Gasteiger partial charge on any atom is -0.349 e. The average Bonchev–Trinajstić information content (AvgIpc) is 3.23. The second-order valence-corrected chi connectivity index (χ2v) is 6.31. The summed E-state index contributed by atoms with van der Waals surface area (Å²) in [5, 5.41) is 14.7. The van der Waals surface area contributed by atoms with Gasteiger partial charge in [-0.25, -0.2) is 0 Å². The van der Waals surface area contributed by atoms with Crippen LogP contribution in [0, 0.1) is 12.8 Å². The summed E-state index contributed by atoms with van der Waals surface area (Å²) in [4.78, 5) is 12.0. The zero-order chi connectivity index (χ0) is 16.1. The van der Waals surface area contributed by atoms with Crippen molar-refractivity contribution in [2.75, 3.05) is 0 Å². The van der Waals surface area contributed by atoms with E-state index in [-0.39, 0.29) is 5.91 Å². The second kappa shape index (κ2) is 7.35. The van der Waals surface area contributed by atoms with Crippen molar-refractivity contribution in [1.82, 2.24) is 25.5 Å². The quantitative estimate of drug-likeness (QED) is 0.889. The van der Waals surface area contributed by atoms with Gasteiger partial charge in [0.05, 0.1) is 12.2 Å². The Morgan fingerprint density at radius 3 is 2.74 bits per heavy atom. The van der Waals surface area contributed by atoms with Crippen molar-refractivity contribution in [3.05, 3.63) is 35.7 Å². The number of benzene rings is 1. The predicted octanol–water partition coefficient (Wildman–Crippen LogP) is 2.56. The van der Waals surface area contributed by atoms with Gasteiger partial charge in [-0.05, 0) is 41.8 Å². The molecule has 0 radical (unpaired) electrons. The van der Waals surface area contributed by atoms with Crippen molar-refractivity contribution in [3.63, 3.8) is 0 Å². The first-order valence-electron chi connectivity index (χ1n) is 8.33. The Morgan fingerprint density at radius 2 is 2.00 bits per heavy atom. The van der Waals surface area contributed by atoms with Gasteiger partial charge in [0.15, 0.2) is 5.82 Å². The van der Waals surface area contributed by atoms with Gasteiger partial charge in [-0.15, -0.1) is 5.10 Å². The number of nitrogens with zero attached hydrogens (tertiary/aromatic N) is 4. The van der Waals surface area contributed by atoms with Crippen molar-refractivity contribution in [2.45, 2.75) is 52.0 Å². The lowest BCUT2D eigenvalue weighted by atomic mass is 10.0. The Morgan fingerprint density at radius 1 is 1.26 bits per heavy atom. The van der Waals surface area contributed by atoms with E-state index in [1.54, 1.807) is 4.68 Å². The van der Waals surface area contributed by atoms with Crippen molar-refractivity contribution in [2.24, 2.45) is 5.92 Å². The lowest BCUT2D eigenvalue weighted by Crippen LogP contribution is -2.25. The molecule has 1 saturated carbocycles. The zero-order valence-corrected chi connectivity index (χ0v) is 13.5. The van der Waals surface area contributed by atoms with Crippen LogP contribution in [0.3, 0.4) is 0 Å². The molecule has 1 aliphatic rings. The van der Waals surface area contributed by atoms with Crippen LogP contribution in [-0.2, 0) is 11.3 Å². The molecule has 1 heterocycles. The third-order valence-electron chi connectivity index (χ3n) is 4.51. The van der Waals surface area contributed by atoms with E-state index in [1.165, 1.54) is 31.2 Å². The smallest absolute Gasteiger partial charge is 0.220 e. The van der Waals surface area contributed by atoms with Gasteiger partial charge < -0.3 is 5.32 Å². The van der Waals surface area contributed by atoms with Crippen LogP contribution >= 0.6 is 0 Å². The van der Waals surface area contributed by atoms with E-state index in [4.69, 9.17) is 0 Å². The summed E-state index contributed by atoms with van der Waals surface area (Å²) < 4.78 is 1.66. The van der Waals surface area contributed by atoms with E-state index < -0.39 is 0 Å². The molecule has 1 amide bonds. The van der Waals surface area contributed by atoms with Crippen LogP contribution in [0.5, 0.6) is 0 Å². The fourth-order valence-corrected chi connectivity index (χ4v) is 3.10. The summed E-state index contributed by atoms with van der Waals surface area (Å²) in [5.74, 6) is 1.46. The molecular weight excluding hydrogens is 290 g/mol. The summed E-state index contributed by atoms with van der Waals surface area (Å²) in [6.07, 6.45) is 6.78. The van der Waals surface area contributed by atoms with Crippen molar-refractivity contribution in [1.29, 1.82) is 0 Å². The van der Waals surface area contributed by atoms with Crippen LogP contribution in [0.25, 0.3) is 5.69 Å². The first kappa shape index (κ1) is 15.6. The normalized spacial score (nSPS) is 15.0. The molecule has 1 aromatic carbocycles. The number of amides is 1. The van der Waals surface area contributed by atoms with E-state index in [0.717, 1.165) is 18.0 Å². The van der Waals surface area contributed by atoms with Gasteiger partial charge in [-0.3, -0.25) is 4.79 Å². The number of carbonyl (C=O) groups excluding carboxylic acids is 1. The lowest BCUT2D eigenvalue weighted by molar-refractivity contribution is -0.121. The van der Waals surface area contributed by atoms with Gasteiger partial charge in [-0.1, -0.05) is 43.4 Å². The standard InChI is InChI=1S/C17H23N5O/c1-13-6-9-15(10-7-13)22-16(19-20-21-22)12-18-17(23)11-8-14-4-2-3-5-14/h6-7,9-10,14H,2-5,8,11-12H2,1H3,(H,18,23). The zero-order valence-electron chi connectivity index (χ0n) is 13.5. The minimum atomic E-state index is 0.0790. The number of aromatic nitrogens is 4. The topological polar surface area (TPSA) is 72.7 Å². The van der Waals surface area contributed by atoms with Crippen LogP contribution < -0.4 is 5.32 Å². The number of aryl methyl sites for hydroxylation is 1. The van der Waals surface area contributed by atoms with E-state index in [1.807, 2.05) is 31.2 Å². The monoisotopic (exact) mass is 313 g/mol. The van der Waals surface area contributed by atoms with Gasteiger partial charge in [-0.2, -0.15) is 4.68 Å². The number of tetrazole rings is 1. The first-order valence-corrected chi connectivity index (χ1v) is 8.33. The number of hydrogen-bond acceptors (Lipinski definition) is 4. The van der Waals surface area contributed by atoms with Crippen molar-refractivity contribution in [3.8, 4) is 5.69 Å². The Balaban J connectivity index is 1.53. The highest BCUT2D eigenvalue weighted by Gasteiger charge is 2.16. The van der Waals surface area contributed by atoms with Gasteiger partial charge in [0, 0.05) is 6.42 Å². The van der Waals surface area contributed by atoms with E-state index >= 15 is 0 Å². The van der Waals surface area contributed by atoms with E-state index in [2.05, 4.69) is 20.8 Å². The van der Waals surface area contributed by atoms with Crippen LogP contribution in [0.2, 0.25) is 0 Å². The maximum atomic E-state index is 12.0. The van der Waals surface area contributed by atoms with Gasteiger partial charge in [0.2, 0.25) is 5.91 Å². The third kappa shape index (κ3) is 4.15. The molecule has 23 heavy (non-hydrogen) atoms. The highest BCUT2D eigenvalue weighted by atomic mass is 16.1. The Bertz CT molecular complexity index is 643. The minimum absolute atomic E-state index is 0.0790. The van der Waals surface area contributed by atoms with E-state index in [0.29, 0.717) is 18.8 Å². The molecule has 0 spiro atoms. The summed E-state index contributed by atoms with van der Waals surface area (Å²) in [6.45, 7) is 2.39. The van der Waals surface area contributed by atoms with Crippen LogP contribution in [0.15, 0.2) is 24.3 Å². The average molecular weight is 313 g/mol. The molecule has 1 aromatic heterocycles. The number of nitrogens with one attached hydrogen (secondary N) is 1. The van der Waals surface area contributed by atoms with Gasteiger partial charge in [0.1, 0.15) is 0 Å². The predicted molar refractivity (Wildman–Crippen MR) is 86.9 cm³/mol. The molecule has 1 aliphatic carbocycles. The molecule has 2 aromatic rings. The fourth-order valence-electron chi connectivity index (χ4n) is 3.10. The highest BCUT2D eigenvalue weighted by molar-refractivity contribution is 5.75. The SMILES string of the molecule is Cc1ccc(-n2nnnc2CNC(=O)CCC2CCCC2)cc1. The fraction of sp³-hybridized carbons (Fsp3) is 0.529.